The molecule has 0 amide bonds. The maximum Gasteiger partial charge on any atom is 0.308 e. The first-order chi connectivity index (χ1) is 6.97. The average Bonchev–Trinajstić information content (AvgIpc) is 2.20. The SMILES string of the molecule is NCC(O)c1cc(F)c(F)c([N+](=O)[O-])c1. The lowest BCUT2D eigenvalue weighted by Gasteiger charge is -2.08. The summed E-state index contributed by atoms with van der Waals surface area (Å²) in [6.45, 7) is -0.234. The molecule has 0 aromatic heterocycles. The normalized spacial score (nSPS) is 12.5. The number of aliphatic hydroxyl groups is 1. The fourth-order valence-electron chi connectivity index (χ4n) is 1.06. The molecule has 0 radical (unpaired) electrons. The summed E-state index contributed by atoms with van der Waals surface area (Å²) in [7, 11) is 0. The Morgan fingerprint density at radius 2 is 2.13 bits per heavy atom. The van der Waals surface area contributed by atoms with Crippen molar-refractivity contribution in [1.29, 1.82) is 0 Å². The monoisotopic (exact) mass is 218 g/mol. The zero-order valence-corrected chi connectivity index (χ0v) is 7.48. The van der Waals surface area contributed by atoms with Crippen molar-refractivity contribution in [2.45, 2.75) is 6.10 Å². The molecule has 3 N–H and O–H groups in total. The van der Waals surface area contributed by atoms with E-state index in [0.29, 0.717) is 6.07 Å². The van der Waals surface area contributed by atoms with Gasteiger partial charge in [-0.25, -0.2) is 4.39 Å². The van der Waals surface area contributed by atoms with E-state index >= 15 is 0 Å². The third-order valence-electron chi connectivity index (χ3n) is 1.84. The van der Waals surface area contributed by atoms with Gasteiger partial charge >= 0.3 is 5.69 Å². The third kappa shape index (κ3) is 2.25. The lowest BCUT2D eigenvalue weighted by molar-refractivity contribution is -0.387. The van der Waals surface area contributed by atoms with Crippen LogP contribution in [0.2, 0.25) is 0 Å². The topological polar surface area (TPSA) is 89.4 Å². The van der Waals surface area contributed by atoms with Gasteiger partial charge in [0.25, 0.3) is 0 Å². The summed E-state index contributed by atoms with van der Waals surface area (Å²) in [5.41, 5.74) is 3.94. The molecule has 1 aromatic carbocycles. The van der Waals surface area contributed by atoms with Gasteiger partial charge in [-0.05, 0) is 11.6 Å². The number of benzene rings is 1. The lowest BCUT2D eigenvalue weighted by Crippen LogP contribution is -2.12. The van der Waals surface area contributed by atoms with Gasteiger partial charge in [0.05, 0.1) is 11.0 Å². The third-order valence-corrected chi connectivity index (χ3v) is 1.84. The van der Waals surface area contributed by atoms with Gasteiger partial charge in [-0.3, -0.25) is 10.1 Å². The van der Waals surface area contributed by atoms with Crippen LogP contribution in [0.15, 0.2) is 12.1 Å². The van der Waals surface area contributed by atoms with E-state index < -0.39 is 28.3 Å². The maximum atomic E-state index is 12.9. The van der Waals surface area contributed by atoms with E-state index in [-0.39, 0.29) is 12.1 Å². The Kier molecular flexibility index (Phi) is 3.28. The Labute approximate surface area is 83.3 Å². The smallest absolute Gasteiger partial charge is 0.308 e. The second-order valence-corrected chi connectivity index (χ2v) is 2.84. The summed E-state index contributed by atoms with van der Waals surface area (Å²) in [6.07, 6.45) is -1.25. The molecular weight excluding hydrogens is 210 g/mol. The number of aliphatic hydroxyl groups excluding tert-OH is 1. The molecule has 0 fully saturated rings. The fourth-order valence-corrected chi connectivity index (χ4v) is 1.06. The van der Waals surface area contributed by atoms with E-state index in [9.17, 15) is 24.0 Å². The molecule has 15 heavy (non-hydrogen) atoms. The highest BCUT2D eigenvalue weighted by molar-refractivity contribution is 5.38. The van der Waals surface area contributed by atoms with E-state index in [1.807, 2.05) is 0 Å². The number of nitro groups is 1. The Morgan fingerprint density at radius 1 is 1.53 bits per heavy atom. The molecule has 7 heteroatoms. The molecule has 1 atom stereocenters. The Hall–Kier alpha value is -1.60. The molecule has 0 saturated heterocycles. The van der Waals surface area contributed by atoms with E-state index in [4.69, 9.17) is 5.73 Å². The minimum Gasteiger partial charge on any atom is -0.387 e. The molecule has 0 bridgehead atoms. The van der Waals surface area contributed by atoms with Crippen LogP contribution in [0.5, 0.6) is 0 Å². The standard InChI is InChI=1S/C8H8F2N2O3/c9-5-1-4(7(13)3-11)2-6(8(5)10)12(14)15/h1-2,7,13H,3,11H2. The molecule has 1 unspecified atom stereocenters. The van der Waals surface area contributed by atoms with Crippen molar-refractivity contribution >= 4 is 5.69 Å². The van der Waals surface area contributed by atoms with E-state index in [1.165, 1.54) is 0 Å². The van der Waals surface area contributed by atoms with Crippen LogP contribution in [0.1, 0.15) is 11.7 Å². The van der Waals surface area contributed by atoms with Crippen LogP contribution in [0.3, 0.4) is 0 Å². The fraction of sp³-hybridized carbons (Fsp3) is 0.250. The van der Waals surface area contributed by atoms with Crippen LogP contribution in [0, 0.1) is 21.7 Å². The number of hydrogen-bond donors (Lipinski definition) is 2. The zero-order valence-electron chi connectivity index (χ0n) is 7.48. The highest BCUT2D eigenvalue weighted by atomic mass is 19.2. The average molecular weight is 218 g/mol. The molecule has 0 aliphatic carbocycles. The summed E-state index contributed by atoms with van der Waals surface area (Å²) in [4.78, 5) is 9.26. The van der Waals surface area contributed by atoms with Gasteiger partial charge in [-0.1, -0.05) is 0 Å². The minimum absolute atomic E-state index is 0.122. The summed E-state index contributed by atoms with van der Waals surface area (Å²) in [6, 6.07) is 1.44. The zero-order chi connectivity index (χ0) is 11.6. The van der Waals surface area contributed by atoms with E-state index in [1.54, 1.807) is 0 Å². The van der Waals surface area contributed by atoms with Crippen LogP contribution >= 0.6 is 0 Å². The number of rotatable bonds is 3. The van der Waals surface area contributed by atoms with Crippen molar-refractivity contribution in [3.05, 3.63) is 39.4 Å². The summed E-state index contributed by atoms with van der Waals surface area (Å²) in [5, 5.41) is 19.5. The number of nitrogens with zero attached hydrogens (tertiary/aromatic N) is 1. The molecule has 0 aliphatic heterocycles. The molecule has 82 valence electrons. The molecular formula is C8H8F2N2O3. The van der Waals surface area contributed by atoms with Gasteiger partial charge in [-0.2, -0.15) is 4.39 Å². The predicted molar refractivity (Wildman–Crippen MR) is 47.0 cm³/mol. The van der Waals surface area contributed by atoms with Crippen molar-refractivity contribution in [2.75, 3.05) is 6.54 Å². The molecule has 0 heterocycles. The van der Waals surface area contributed by atoms with Crippen LogP contribution in [-0.4, -0.2) is 16.6 Å². The highest BCUT2D eigenvalue weighted by Crippen LogP contribution is 2.24. The van der Waals surface area contributed by atoms with E-state index in [0.717, 1.165) is 6.07 Å². The molecule has 0 saturated carbocycles. The quantitative estimate of drug-likeness (QED) is 0.581. The van der Waals surface area contributed by atoms with Crippen LogP contribution in [-0.2, 0) is 0 Å². The first-order valence-electron chi connectivity index (χ1n) is 3.98. The second-order valence-electron chi connectivity index (χ2n) is 2.84. The largest absolute Gasteiger partial charge is 0.387 e. The van der Waals surface area contributed by atoms with Crippen molar-refractivity contribution in [2.24, 2.45) is 5.73 Å². The van der Waals surface area contributed by atoms with Crippen LogP contribution < -0.4 is 5.73 Å². The predicted octanol–water partition coefficient (Wildman–Crippen LogP) is 0.865. The second kappa shape index (κ2) is 4.28. The summed E-state index contributed by atoms with van der Waals surface area (Å²) < 4.78 is 25.7. The van der Waals surface area contributed by atoms with Gasteiger partial charge in [0.1, 0.15) is 0 Å². The lowest BCUT2D eigenvalue weighted by atomic mass is 10.1. The van der Waals surface area contributed by atoms with Gasteiger partial charge in [0.2, 0.25) is 5.82 Å². The molecule has 1 rings (SSSR count). The molecule has 0 aliphatic rings. The van der Waals surface area contributed by atoms with Crippen molar-refractivity contribution in [3.63, 3.8) is 0 Å². The van der Waals surface area contributed by atoms with Crippen LogP contribution in [0.4, 0.5) is 14.5 Å². The number of hydrogen-bond acceptors (Lipinski definition) is 4. The molecule has 1 aromatic rings. The van der Waals surface area contributed by atoms with Gasteiger partial charge < -0.3 is 10.8 Å². The number of nitrogens with two attached hydrogens (primary N) is 1. The summed E-state index contributed by atoms with van der Waals surface area (Å²) in [5.74, 6) is -2.93. The first-order valence-corrected chi connectivity index (χ1v) is 3.98. The first kappa shape index (κ1) is 11.5. The van der Waals surface area contributed by atoms with Crippen molar-refractivity contribution < 1.29 is 18.8 Å². The summed E-state index contributed by atoms with van der Waals surface area (Å²) >= 11 is 0. The molecule has 5 nitrogen and oxygen atoms in total. The number of nitro benzene ring substituents is 1. The molecule has 0 spiro atoms. The minimum atomic E-state index is -1.55. The van der Waals surface area contributed by atoms with Crippen molar-refractivity contribution in [1.82, 2.24) is 0 Å². The van der Waals surface area contributed by atoms with E-state index in [2.05, 4.69) is 0 Å². The van der Waals surface area contributed by atoms with Gasteiger partial charge in [0, 0.05) is 12.6 Å². The Balaban J connectivity index is 3.29. The number of halogens is 2. The Morgan fingerprint density at radius 3 is 2.60 bits per heavy atom. The van der Waals surface area contributed by atoms with Crippen LogP contribution in [0.25, 0.3) is 0 Å². The maximum absolute atomic E-state index is 12.9. The van der Waals surface area contributed by atoms with Gasteiger partial charge in [0.15, 0.2) is 5.82 Å². The van der Waals surface area contributed by atoms with Gasteiger partial charge in [-0.15, -0.1) is 0 Å². The highest BCUT2D eigenvalue weighted by Gasteiger charge is 2.22. The Bertz CT molecular complexity index is 398. The van der Waals surface area contributed by atoms with Crippen molar-refractivity contribution in [3.8, 4) is 0 Å².